The molecule has 1 fully saturated rings. The number of pyridine rings is 1. The normalized spacial score (nSPS) is 18.2. The standard InChI is InChI=1S/C26H26F4N4O2/c1-15-12-34(13-16(2)33-15)25(35)19-5-3-18(4-6-19)20-9-23(24(31)32-11-20)36-14-17-7-21(26(28,29)30)10-22(27)8-17/h3-11,15-16,33H,12-14H2,1-2H3,(H2,31,32). The molecule has 4 rings (SSSR count). The molecule has 3 aromatic rings. The van der Waals surface area contributed by atoms with Gasteiger partial charge in [0.25, 0.3) is 5.91 Å². The number of nitrogens with one attached hydrogen (secondary N) is 1. The lowest BCUT2D eigenvalue weighted by atomic mass is 10.0. The number of anilines is 1. The van der Waals surface area contributed by atoms with Gasteiger partial charge in [-0.15, -0.1) is 0 Å². The van der Waals surface area contributed by atoms with Gasteiger partial charge >= 0.3 is 6.18 Å². The second-order valence-corrected chi connectivity index (χ2v) is 9.00. The Morgan fingerprint density at radius 3 is 2.39 bits per heavy atom. The lowest BCUT2D eigenvalue weighted by molar-refractivity contribution is -0.137. The average Bonchev–Trinajstić information content (AvgIpc) is 2.82. The molecule has 1 aromatic heterocycles. The number of aromatic nitrogens is 1. The first-order valence-electron chi connectivity index (χ1n) is 11.4. The van der Waals surface area contributed by atoms with Crippen LogP contribution in [0.3, 0.4) is 0 Å². The highest BCUT2D eigenvalue weighted by molar-refractivity contribution is 5.95. The summed E-state index contributed by atoms with van der Waals surface area (Å²) in [6.07, 6.45) is -3.14. The molecular formula is C26H26F4N4O2. The number of benzene rings is 2. The number of piperazine rings is 1. The number of hydrogen-bond donors (Lipinski definition) is 2. The Morgan fingerprint density at radius 1 is 1.08 bits per heavy atom. The number of carbonyl (C=O) groups is 1. The van der Waals surface area contributed by atoms with Gasteiger partial charge in [-0.3, -0.25) is 4.79 Å². The van der Waals surface area contributed by atoms with Crippen molar-refractivity contribution in [1.29, 1.82) is 0 Å². The van der Waals surface area contributed by atoms with Gasteiger partial charge in [-0.2, -0.15) is 13.2 Å². The number of carbonyl (C=O) groups excluding carboxylic acids is 1. The Balaban J connectivity index is 1.49. The first kappa shape index (κ1) is 25.4. The van der Waals surface area contributed by atoms with Gasteiger partial charge in [0.15, 0.2) is 11.6 Å². The lowest BCUT2D eigenvalue weighted by Crippen LogP contribution is -2.55. The first-order valence-corrected chi connectivity index (χ1v) is 11.4. The third-order valence-electron chi connectivity index (χ3n) is 5.87. The second kappa shape index (κ2) is 10.1. The molecule has 1 saturated heterocycles. The van der Waals surface area contributed by atoms with Gasteiger partial charge < -0.3 is 20.7 Å². The van der Waals surface area contributed by atoms with E-state index in [4.69, 9.17) is 10.5 Å². The summed E-state index contributed by atoms with van der Waals surface area (Å²) in [5.74, 6) is -0.869. The fraction of sp³-hybridized carbons (Fsp3) is 0.308. The maximum absolute atomic E-state index is 13.7. The van der Waals surface area contributed by atoms with E-state index < -0.39 is 17.6 Å². The molecule has 2 heterocycles. The molecule has 6 nitrogen and oxygen atoms in total. The molecule has 0 radical (unpaired) electrons. The largest absolute Gasteiger partial charge is 0.485 e. The molecule has 2 atom stereocenters. The number of nitrogens with zero attached hydrogens (tertiary/aromatic N) is 2. The molecule has 0 aliphatic carbocycles. The van der Waals surface area contributed by atoms with Crippen molar-refractivity contribution in [2.45, 2.75) is 38.7 Å². The molecule has 2 unspecified atom stereocenters. The number of nitrogen functional groups attached to an aromatic ring is 1. The van der Waals surface area contributed by atoms with Crippen LogP contribution in [-0.4, -0.2) is 41.0 Å². The Morgan fingerprint density at radius 2 is 1.75 bits per heavy atom. The van der Waals surface area contributed by atoms with Gasteiger partial charge in [0.2, 0.25) is 0 Å². The van der Waals surface area contributed by atoms with Crippen LogP contribution in [0.4, 0.5) is 23.4 Å². The third kappa shape index (κ3) is 5.93. The number of alkyl halides is 3. The zero-order chi connectivity index (χ0) is 26.0. The van der Waals surface area contributed by atoms with Crippen molar-refractivity contribution in [3.05, 3.63) is 77.2 Å². The van der Waals surface area contributed by atoms with E-state index in [0.717, 1.165) is 17.7 Å². The van der Waals surface area contributed by atoms with Crippen molar-refractivity contribution in [2.75, 3.05) is 18.8 Å². The molecule has 0 bridgehead atoms. The van der Waals surface area contributed by atoms with Gasteiger partial charge in [-0.1, -0.05) is 12.1 Å². The first-order chi connectivity index (χ1) is 17.0. The maximum atomic E-state index is 13.7. The summed E-state index contributed by atoms with van der Waals surface area (Å²) in [4.78, 5) is 18.9. The predicted molar refractivity (Wildman–Crippen MR) is 128 cm³/mol. The lowest BCUT2D eigenvalue weighted by Gasteiger charge is -2.36. The Labute approximate surface area is 206 Å². The quantitative estimate of drug-likeness (QED) is 0.486. The van der Waals surface area contributed by atoms with E-state index in [1.807, 2.05) is 18.7 Å². The summed E-state index contributed by atoms with van der Waals surface area (Å²) >= 11 is 0. The van der Waals surface area contributed by atoms with Crippen LogP contribution < -0.4 is 15.8 Å². The fourth-order valence-corrected chi connectivity index (χ4v) is 4.27. The highest BCUT2D eigenvalue weighted by Gasteiger charge is 2.31. The van der Waals surface area contributed by atoms with E-state index in [0.29, 0.717) is 30.3 Å². The molecule has 2 aromatic carbocycles. The smallest absolute Gasteiger partial charge is 0.416 e. The van der Waals surface area contributed by atoms with Crippen LogP contribution in [0.1, 0.15) is 35.3 Å². The minimum atomic E-state index is -4.67. The van der Waals surface area contributed by atoms with Gasteiger partial charge in [-0.05, 0) is 61.4 Å². The summed E-state index contributed by atoms with van der Waals surface area (Å²) in [5, 5.41) is 3.40. The second-order valence-electron chi connectivity index (χ2n) is 9.00. The summed E-state index contributed by atoms with van der Waals surface area (Å²) < 4.78 is 58.2. The molecule has 1 aliphatic heterocycles. The molecule has 1 aliphatic rings. The van der Waals surface area contributed by atoms with E-state index in [1.54, 1.807) is 30.3 Å². The van der Waals surface area contributed by atoms with E-state index in [2.05, 4.69) is 10.3 Å². The summed E-state index contributed by atoms with van der Waals surface area (Å²) in [5.41, 5.74) is 6.74. The fourth-order valence-electron chi connectivity index (χ4n) is 4.27. The summed E-state index contributed by atoms with van der Waals surface area (Å²) in [6.45, 7) is 5.00. The van der Waals surface area contributed by atoms with Crippen molar-refractivity contribution in [3.63, 3.8) is 0 Å². The Bertz CT molecular complexity index is 1240. The number of hydrogen-bond acceptors (Lipinski definition) is 5. The molecule has 0 saturated carbocycles. The van der Waals surface area contributed by atoms with E-state index in [1.165, 1.54) is 6.20 Å². The van der Waals surface area contributed by atoms with Crippen molar-refractivity contribution < 1.29 is 27.1 Å². The van der Waals surface area contributed by atoms with E-state index >= 15 is 0 Å². The van der Waals surface area contributed by atoms with Crippen LogP contribution in [0, 0.1) is 5.82 Å². The minimum absolute atomic E-state index is 0.00606. The van der Waals surface area contributed by atoms with Crippen molar-refractivity contribution in [2.24, 2.45) is 0 Å². The SMILES string of the molecule is CC1CN(C(=O)c2ccc(-c3cnc(N)c(OCc4cc(F)cc(C(F)(F)F)c4)c3)cc2)CC(C)N1. The molecule has 0 spiro atoms. The monoisotopic (exact) mass is 502 g/mol. The maximum Gasteiger partial charge on any atom is 0.416 e. The van der Waals surface area contributed by atoms with Gasteiger partial charge in [0.05, 0.1) is 5.56 Å². The van der Waals surface area contributed by atoms with Crippen LogP contribution in [-0.2, 0) is 12.8 Å². The number of ether oxygens (including phenoxy) is 1. The van der Waals surface area contributed by atoms with Crippen LogP contribution in [0.2, 0.25) is 0 Å². The highest BCUT2D eigenvalue weighted by atomic mass is 19.4. The van der Waals surface area contributed by atoms with Gasteiger partial charge in [-0.25, -0.2) is 9.37 Å². The van der Waals surface area contributed by atoms with E-state index in [9.17, 15) is 22.4 Å². The molecule has 10 heteroatoms. The van der Waals surface area contributed by atoms with Crippen molar-refractivity contribution >= 4 is 11.7 Å². The molecule has 36 heavy (non-hydrogen) atoms. The number of nitrogens with two attached hydrogens (primary N) is 1. The van der Waals surface area contributed by atoms with E-state index in [-0.39, 0.29) is 41.7 Å². The predicted octanol–water partition coefficient (Wildman–Crippen LogP) is 4.89. The van der Waals surface area contributed by atoms with Crippen molar-refractivity contribution in [1.82, 2.24) is 15.2 Å². The summed E-state index contributed by atoms with van der Waals surface area (Å²) in [6, 6.07) is 11.3. The Kier molecular flexibility index (Phi) is 7.16. The molecular weight excluding hydrogens is 476 g/mol. The number of amides is 1. The van der Waals surface area contributed by atoms with Crippen LogP contribution in [0.25, 0.3) is 11.1 Å². The topological polar surface area (TPSA) is 80.5 Å². The average molecular weight is 503 g/mol. The van der Waals surface area contributed by atoms with Gasteiger partial charge in [0, 0.05) is 42.5 Å². The number of rotatable bonds is 5. The van der Waals surface area contributed by atoms with Crippen LogP contribution >= 0.6 is 0 Å². The van der Waals surface area contributed by atoms with Crippen LogP contribution in [0.5, 0.6) is 5.75 Å². The zero-order valence-corrected chi connectivity index (χ0v) is 19.8. The number of halogens is 4. The molecule has 3 N–H and O–H groups in total. The highest BCUT2D eigenvalue weighted by Crippen LogP contribution is 2.32. The molecule has 190 valence electrons. The zero-order valence-electron chi connectivity index (χ0n) is 19.8. The minimum Gasteiger partial charge on any atom is -0.485 e. The molecule has 1 amide bonds. The van der Waals surface area contributed by atoms with Gasteiger partial charge in [0.1, 0.15) is 12.4 Å². The Hall–Kier alpha value is -3.66. The summed E-state index contributed by atoms with van der Waals surface area (Å²) in [7, 11) is 0. The van der Waals surface area contributed by atoms with Crippen LogP contribution in [0.15, 0.2) is 54.7 Å². The van der Waals surface area contributed by atoms with Crippen molar-refractivity contribution in [3.8, 4) is 16.9 Å². The third-order valence-corrected chi connectivity index (χ3v) is 5.87.